The Hall–Kier alpha value is -2.90. The van der Waals surface area contributed by atoms with Gasteiger partial charge >= 0.3 is 11.9 Å². The lowest BCUT2D eigenvalue weighted by Crippen LogP contribution is -2.15. The predicted molar refractivity (Wildman–Crippen MR) is 89.0 cm³/mol. The minimum Gasteiger partial charge on any atom is -0.490 e. The van der Waals surface area contributed by atoms with E-state index in [4.69, 9.17) is 20.1 Å². The summed E-state index contributed by atoms with van der Waals surface area (Å²) in [5.74, 6) is 3.80. The summed E-state index contributed by atoms with van der Waals surface area (Å²) in [6.07, 6.45) is 0. The van der Waals surface area contributed by atoms with E-state index in [0.29, 0.717) is 6.61 Å². The molecule has 0 aliphatic rings. The van der Waals surface area contributed by atoms with Crippen LogP contribution in [-0.4, -0.2) is 32.3 Å². The van der Waals surface area contributed by atoms with E-state index in [0.717, 1.165) is 5.56 Å². The van der Waals surface area contributed by atoms with E-state index < -0.39 is 11.9 Å². The molecule has 0 bridgehead atoms. The maximum Gasteiger partial charge on any atom is 0.360 e. The van der Waals surface area contributed by atoms with Crippen molar-refractivity contribution in [2.75, 3.05) is 20.3 Å². The van der Waals surface area contributed by atoms with Crippen molar-refractivity contribution < 1.29 is 28.6 Å². The Morgan fingerprint density at radius 1 is 1.00 bits per heavy atom. The number of hydrogen-bond acceptors (Lipinski definition) is 7. The van der Waals surface area contributed by atoms with Crippen LogP contribution >= 0.6 is 0 Å². The molecule has 0 fully saturated rings. The molecule has 0 aliphatic carbocycles. The van der Waals surface area contributed by atoms with Crippen LogP contribution in [0.5, 0.6) is 5.75 Å². The molecule has 0 radical (unpaired) electrons. The van der Waals surface area contributed by atoms with E-state index in [1.54, 1.807) is 0 Å². The molecule has 2 rings (SSSR count). The van der Waals surface area contributed by atoms with Gasteiger partial charge in [-0.1, -0.05) is 30.3 Å². The molecule has 132 valence electrons. The molecule has 0 amide bonds. The van der Waals surface area contributed by atoms with Crippen molar-refractivity contribution in [2.24, 2.45) is 5.90 Å². The first-order valence-electron chi connectivity index (χ1n) is 7.53. The van der Waals surface area contributed by atoms with Gasteiger partial charge in [0.2, 0.25) is 0 Å². The predicted octanol–water partition coefficient (Wildman–Crippen LogP) is 2.10. The largest absolute Gasteiger partial charge is 0.490 e. The van der Waals surface area contributed by atoms with E-state index in [9.17, 15) is 9.59 Å². The molecule has 7 nitrogen and oxygen atoms in total. The van der Waals surface area contributed by atoms with Gasteiger partial charge in [0.25, 0.3) is 0 Å². The maximum absolute atomic E-state index is 12.2. The lowest BCUT2D eigenvalue weighted by Gasteiger charge is -2.11. The van der Waals surface area contributed by atoms with Crippen LogP contribution in [0.1, 0.15) is 26.3 Å². The first kappa shape index (κ1) is 18.4. The molecular formula is C18H19NO6. The standard InChI is InChI=1S/C18H19NO6/c1-22-9-10-23-16-8-7-14(11-15(16)18(21)25-19)17(20)24-12-13-5-3-2-4-6-13/h2-8,11H,9-10,12,19H2,1H3. The fraction of sp³-hybridized carbons (Fsp3) is 0.222. The third-order valence-corrected chi connectivity index (χ3v) is 3.30. The number of methoxy groups -OCH3 is 1. The number of hydrogen-bond donors (Lipinski definition) is 1. The second-order valence-corrected chi connectivity index (χ2v) is 5.02. The molecular weight excluding hydrogens is 326 g/mol. The van der Waals surface area contributed by atoms with Crippen LogP contribution in [0, 0.1) is 0 Å². The van der Waals surface area contributed by atoms with Crippen LogP contribution in [0.15, 0.2) is 48.5 Å². The van der Waals surface area contributed by atoms with E-state index in [1.807, 2.05) is 30.3 Å². The van der Waals surface area contributed by atoms with Gasteiger partial charge < -0.3 is 19.0 Å². The Labute approximate surface area is 145 Å². The van der Waals surface area contributed by atoms with Crippen LogP contribution in [-0.2, 0) is 20.9 Å². The highest BCUT2D eigenvalue weighted by molar-refractivity contribution is 5.97. The third-order valence-electron chi connectivity index (χ3n) is 3.30. The summed E-state index contributed by atoms with van der Waals surface area (Å²) in [6.45, 7) is 0.708. The minimum absolute atomic E-state index is 0.0350. The Morgan fingerprint density at radius 2 is 1.76 bits per heavy atom. The monoisotopic (exact) mass is 345 g/mol. The second kappa shape index (κ2) is 9.41. The van der Waals surface area contributed by atoms with Crippen LogP contribution in [0.2, 0.25) is 0 Å². The van der Waals surface area contributed by atoms with Gasteiger partial charge in [-0.3, -0.25) is 0 Å². The fourth-order valence-electron chi connectivity index (χ4n) is 2.05. The topological polar surface area (TPSA) is 97.1 Å². The Kier molecular flexibility index (Phi) is 6.94. The number of carbonyl (C=O) groups is 2. The zero-order valence-electron chi connectivity index (χ0n) is 13.8. The van der Waals surface area contributed by atoms with Crippen molar-refractivity contribution in [3.05, 3.63) is 65.2 Å². The number of ether oxygens (including phenoxy) is 3. The highest BCUT2D eigenvalue weighted by Crippen LogP contribution is 2.22. The molecule has 0 saturated heterocycles. The van der Waals surface area contributed by atoms with Crippen molar-refractivity contribution in [3.8, 4) is 5.75 Å². The van der Waals surface area contributed by atoms with E-state index >= 15 is 0 Å². The van der Waals surface area contributed by atoms with E-state index in [-0.39, 0.29) is 30.1 Å². The third kappa shape index (κ3) is 5.30. The highest BCUT2D eigenvalue weighted by atomic mass is 16.7. The SMILES string of the molecule is COCCOc1ccc(C(=O)OCc2ccccc2)cc1C(=O)ON. The fourth-order valence-corrected chi connectivity index (χ4v) is 2.05. The van der Waals surface area contributed by atoms with Gasteiger partial charge in [0.1, 0.15) is 24.5 Å². The zero-order valence-corrected chi connectivity index (χ0v) is 13.8. The lowest BCUT2D eigenvalue weighted by molar-refractivity contribution is 0.0472. The molecule has 7 heteroatoms. The Morgan fingerprint density at radius 3 is 2.44 bits per heavy atom. The summed E-state index contributed by atoms with van der Waals surface area (Å²) in [5, 5.41) is 0. The summed E-state index contributed by atoms with van der Waals surface area (Å²) in [7, 11) is 1.53. The van der Waals surface area contributed by atoms with Gasteiger partial charge in [0.15, 0.2) is 0 Å². The number of nitrogens with two attached hydrogens (primary N) is 1. The second-order valence-electron chi connectivity index (χ2n) is 5.02. The van der Waals surface area contributed by atoms with Crippen molar-refractivity contribution >= 4 is 11.9 Å². The molecule has 0 aromatic heterocycles. The molecule has 25 heavy (non-hydrogen) atoms. The first-order valence-corrected chi connectivity index (χ1v) is 7.53. The molecule has 0 heterocycles. The van der Waals surface area contributed by atoms with Crippen molar-refractivity contribution in [2.45, 2.75) is 6.61 Å². The molecule has 0 aliphatic heterocycles. The molecule has 0 spiro atoms. The first-order chi connectivity index (χ1) is 12.2. The number of rotatable bonds is 8. The highest BCUT2D eigenvalue weighted by Gasteiger charge is 2.18. The number of benzene rings is 2. The normalized spacial score (nSPS) is 10.2. The van der Waals surface area contributed by atoms with Gasteiger partial charge in [-0.2, -0.15) is 5.90 Å². The average molecular weight is 345 g/mol. The zero-order chi connectivity index (χ0) is 18.1. The number of esters is 1. The van der Waals surface area contributed by atoms with Crippen LogP contribution in [0.3, 0.4) is 0 Å². The minimum atomic E-state index is -0.815. The summed E-state index contributed by atoms with van der Waals surface area (Å²) in [4.78, 5) is 28.2. The van der Waals surface area contributed by atoms with Gasteiger partial charge in [-0.25, -0.2) is 9.59 Å². The number of carbonyl (C=O) groups excluding carboxylic acids is 2. The molecule has 2 aromatic rings. The molecule has 0 atom stereocenters. The van der Waals surface area contributed by atoms with Crippen molar-refractivity contribution in [1.82, 2.24) is 0 Å². The van der Waals surface area contributed by atoms with Crippen molar-refractivity contribution in [1.29, 1.82) is 0 Å². The van der Waals surface area contributed by atoms with Crippen LogP contribution < -0.4 is 10.6 Å². The summed E-state index contributed by atoms with van der Waals surface area (Å²) < 4.78 is 15.6. The summed E-state index contributed by atoms with van der Waals surface area (Å²) >= 11 is 0. The van der Waals surface area contributed by atoms with E-state index in [2.05, 4.69) is 4.84 Å². The average Bonchev–Trinajstić information content (AvgIpc) is 2.66. The maximum atomic E-state index is 12.2. The molecule has 2 aromatic carbocycles. The smallest absolute Gasteiger partial charge is 0.360 e. The van der Waals surface area contributed by atoms with Gasteiger partial charge in [0, 0.05) is 7.11 Å². The summed E-state index contributed by atoms with van der Waals surface area (Å²) in [5.41, 5.74) is 1.08. The molecule has 0 saturated carbocycles. The molecule has 0 unspecified atom stereocenters. The van der Waals surface area contributed by atoms with Gasteiger partial charge in [-0.15, -0.1) is 0 Å². The Bertz CT molecular complexity index is 717. The summed E-state index contributed by atoms with van der Waals surface area (Å²) in [6, 6.07) is 13.6. The van der Waals surface area contributed by atoms with Crippen LogP contribution in [0.25, 0.3) is 0 Å². The van der Waals surface area contributed by atoms with Gasteiger partial charge in [-0.05, 0) is 23.8 Å². The lowest BCUT2D eigenvalue weighted by atomic mass is 10.1. The molecule has 2 N–H and O–H groups in total. The van der Waals surface area contributed by atoms with E-state index in [1.165, 1.54) is 25.3 Å². The van der Waals surface area contributed by atoms with Crippen molar-refractivity contribution in [3.63, 3.8) is 0 Å². The quantitative estimate of drug-likeness (QED) is 0.444. The van der Waals surface area contributed by atoms with Crippen LogP contribution in [0.4, 0.5) is 0 Å². The Balaban J connectivity index is 2.11. The van der Waals surface area contributed by atoms with Gasteiger partial charge in [0.05, 0.1) is 12.2 Å².